The lowest BCUT2D eigenvalue weighted by Crippen LogP contribution is -2.28. The van der Waals surface area contributed by atoms with Crippen LogP contribution in [0.3, 0.4) is 0 Å². The van der Waals surface area contributed by atoms with Crippen molar-refractivity contribution < 1.29 is 9.90 Å². The van der Waals surface area contributed by atoms with Gasteiger partial charge in [-0.2, -0.15) is 0 Å². The topological polar surface area (TPSA) is 49.3 Å². The number of aliphatic hydroxyl groups excluding tert-OH is 1. The van der Waals surface area contributed by atoms with Gasteiger partial charge in [-0.3, -0.25) is 4.79 Å². The molecule has 0 aromatic carbocycles. The highest BCUT2D eigenvalue weighted by atomic mass is 16.3. The van der Waals surface area contributed by atoms with E-state index in [2.05, 4.69) is 19.2 Å². The number of hydrogen-bond acceptors (Lipinski definition) is 2. The van der Waals surface area contributed by atoms with Crippen LogP contribution >= 0.6 is 0 Å². The van der Waals surface area contributed by atoms with Gasteiger partial charge in [0.15, 0.2) is 0 Å². The molecule has 0 fully saturated rings. The third kappa shape index (κ3) is 7.78. The van der Waals surface area contributed by atoms with Gasteiger partial charge in [-0.1, -0.05) is 20.3 Å². The van der Waals surface area contributed by atoms with Crippen molar-refractivity contribution >= 4 is 5.91 Å². The molecule has 0 aliphatic heterocycles. The second-order valence-corrected chi connectivity index (χ2v) is 3.71. The van der Waals surface area contributed by atoms with Crippen LogP contribution < -0.4 is 5.32 Å². The molecule has 0 radical (unpaired) electrons. The third-order valence-electron chi connectivity index (χ3n) is 2.13. The maximum absolute atomic E-state index is 11.1. The second kappa shape index (κ2) is 6.89. The van der Waals surface area contributed by atoms with Gasteiger partial charge in [0.05, 0.1) is 6.10 Å². The molecule has 2 unspecified atom stereocenters. The predicted molar refractivity (Wildman–Crippen MR) is 53.4 cm³/mol. The fourth-order valence-electron chi connectivity index (χ4n) is 0.861. The Morgan fingerprint density at radius 2 is 2.08 bits per heavy atom. The molecule has 0 heterocycles. The molecule has 78 valence electrons. The minimum absolute atomic E-state index is 0.0428. The molecule has 3 nitrogen and oxygen atoms in total. The summed E-state index contributed by atoms with van der Waals surface area (Å²) >= 11 is 0. The van der Waals surface area contributed by atoms with Crippen molar-refractivity contribution in [2.75, 3.05) is 6.54 Å². The second-order valence-electron chi connectivity index (χ2n) is 3.71. The van der Waals surface area contributed by atoms with Gasteiger partial charge in [-0.25, -0.2) is 0 Å². The minimum atomic E-state index is -0.380. The minimum Gasteiger partial charge on any atom is -0.393 e. The third-order valence-corrected chi connectivity index (χ3v) is 2.13. The van der Waals surface area contributed by atoms with E-state index in [1.807, 2.05) is 0 Å². The lowest BCUT2D eigenvalue weighted by molar-refractivity contribution is -0.121. The maximum Gasteiger partial charge on any atom is 0.220 e. The van der Waals surface area contributed by atoms with Crippen LogP contribution in [0.25, 0.3) is 0 Å². The van der Waals surface area contributed by atoms with Crippen molar-refractivity contribution in [1.29, 1.82) is 0 Å². The summed E-state index contributed by atoms with van der Waals surface area (Å²) in [5, 5.41) is 11.8. The van der Waals surface area contributed by atoms with Gasteiger partial charge < -0.3 is 10.4 Å². The predicted octanol–water partition coefficient (Wildman–Crippen LogP) is 1.31. The summed E-state index contributed by atoms with van der Waals surface area (Å²) in [4.78, 5) is 11.1. The largest absolute Gasteiger partial charge is 0.393 e. The zero-order valence-corrected chi connectivity index (χ0v) is 8.84. The molecule has 0 saturated heterocycles. The molecule has 2 N–H and O–H groups in total. The molecule has 1 amide bonds. The smallest absolute Gasteiger partial charge is 0.220 e. The van der Waals surface area contributed by atoms with Gasteiger partial charge in [0.1, 0.15) is 0 Å². The molecule has 0 saturated carbocycles. The van der Waals surface area contributed by atoms with Crippen molar-refractivity contribution in [3.05, 3.63) is 0 Å². The van der Waals surface area contributed by atoms with Crippen LogP contribution in [0.4, 0.5) is 0 Å². The standard InChI is InChI=1S/C10H21NO2/c1-4-8(2)7-11-10(13)6-5-9(3)12/h8-9,12H,4-7H2,1-3H3,(H,11,13). The number of aliphatic hydroxyl groups is 1. The Balaban J connectivity index is 3.40. The Labute approximate surface area is 80.5 Å². The quantitative estimate of drug-likeness (QED) is 0.658. The van der Waals surface area contributed by atoms with Gasteiger partial charge in [-0.15, -0.1) is 0 Å². The molecular formula is C10H21NO2. The van der Waals surface area contributed by atoms with E-state index in [4.69, 9.17) is 5.11 Å². The lowest BCUT2D eigenvalue weighted by atomic mass is 10.1. The zero-order valence-electron chi connectivity index (χ0n) is 8.84. The van der Waals surface area contributed by atoms with Crippen LogP contribution in [-0.2, 0) is 4.79 Å². The van der Waals surface area contributed by atoms with E-state index in [0.29, 0.717) is 18.8 Å². The molecule has 2 atom stereocenters. The van der Waals surface area contributed by atoms with E-state index in [9.17, 15) is 4.79 Å². The number of amides is 1. The fraction of sp³-hybridized carbons (Fsp3) is 0.900. The lowest BCUT2D eigenvalue weighted by Gasteiger charge is -2.10. The molecule has 0 aliphatic rings. The Bertz CT molecular complexity index is 146. The van der Waals surface area contributed by atoms with Crippen molar-refractivity contribution in [2.45, 2.75) is 46.1 Å². The molecule has 0 bridgehead atoms. The Morgan fingerprint density at radius 1 is 1.46 bits per heavy atom. The zero-order chi connectivity index (χ0) is 10.3. The van der Waals surface area contributed by atoms with Crippen LogP contribution in [0.15, 0.2) is 0 Å². The molecule has 0 aromatic rings. The average Bonchev–Trinajstić information content (AvgIpc) is 2.10. The van der Waals surface area contributed by atoms with E-state index in [-0.39, 0.29) is 12.0 Å². The number of carbonyl (C=O) groups excluding carboxylic acids is 1. The molecule has 13 heavy (non-hydrogen) atoms. The Kier molecular flexibility index (Phi) is 6.59. The first-order valence-electron chi connectivity index (χ1n) is 5.01. The van der Waals surface area contributed by atoms with Gasteiger partial charge in [0.2, 0.25) is 5.91 Å². The van der Waals surface area contributed by atoms with Crippen molar-refractivity contribution in [2.24, 2.45) is 5.92 Å². The summed E-state index contributed by atoms with van der Waals surface area (Å²) in [5.41, 5.74) is 0. The van der Waals surface area contributed by atoms with E-state index in [1.54, 1.807) is 6.92 Å². The van der Waals surface area contributed by atoms with E-state index < -0.39 is 0 Å². The van der Waals surface area contributed by atoms with Crippen LogP contribution in [0.1, 0.15) is 40.0 Å². The highest BCUT2D eigenvalue weighted by Crippen LogP contribution is 1.99. The van der Waals surface area contributed by atoms with Gasteiger partial charge in [0.25, 0.3) is 0 Å². The number of nitrogens with one attached hydrogen (secondary N) is 1. The van der Waals surface area contributed by atoms with Crippen LogP contribution in [0.5, 0.6) is 0 Å². The number of hydrogen-bond donors (Lipinski definition) is 2. The molecular weight excluding hydrogens is 166 g/mol. The summed E-state index contributed by atoms with van der Waals surface area (Å²) in [7, 11) is 0. The maximum atomic E-state index is 11.1. The highest BCUT2D eigenvalue weighted by Gasteiger charge is 2.05. The first-order valence-corrected chi connectivity index (χ1v) is 5.01. The normalized spacial score (nSPS) is 15.1. The fourth-order valence-corrected chi connectivity index (χ4v) is 0.861. The Hall–Kier alpha value is -0.570. The van der Waals surface area contributed by atoms with Crippen molar-refractivity contribution in [3.8, 4) is 0 Å². The van der Waals surface area contributed by atoms with Gasteiger partial charge >= 0.3 is 0 Å². The summed E-state index contributed by atoms with van der Waals surface area (Å²) in [6.07, 6.45) is 1.67. The molecule has 0 rings (SSSR count). The molecule has 0 spiro atoms. The Morgan fingerprint density at radius 3 is 2.54 bits per heavy atom. The first-order chi connectivity index (χ1) is 6.06. The van der Waals surface area contributed by atoms with E-state index >= 15 is 0 Å². The van der Waals surface area contributed by atoms with Gasteiger partial charge in [-0.05, 0) is 19.3 Å². The summed E-state index contributed by atoms with van der Waals surface area (Å²) < 4.78 is 0. The summed E-state index contributed by atoms with van der Waals surface area (Å²) in [6.45, 7) is 6.65. The summed E-state index contributed by atoms with van der Waals surface area (Å²) in [5.74, 6) is 0.580. The van der Waals surface area contributed by atoms with Crippen molar-refractivity contribution in [3.63, 3.8) is 0 Å². The van der Waals surface area contributed by atoms with Crippen LogP contribution in [0.2, 0.25) is 0 Å². The van der Waals surface area contributed by atoms with Crippen LogP contribution in [0, 0.1) is 5.92 Å². The molecule has 0 aliphatic carbocycles. The van der Waals surface area contributed by atoms with Crippen LogP contribution in [-0.4, -0.2) is 23.7 Å². The summed E-state index contributed by atoms with van der Waals surface area (Å²) in [6, 6.07) is 0. The SMILES string of the molecule is CCC(C)CNC(=O)CCC(C)O. The van der Waals surface area contributed by atoms with Crippen molar-refractivity contribution in [1.82, 2.24) is 5.32 Å². The van der Waals surface area contributed by atoms with E-state index in [1.165, 1.54) is 0 Å². The monoisotopic (exact) mass is 187 g/mol. The number of carbonyl (C=O) groups is 1. The molecule has 3 heteroatoms. The highest BCUT2D eigenvalue weighted by molar-refractivity contribution is 5.75. The van der Waals surface area contributed by atoms with Gasteiger partial charge in [0, 0.05) is 13.0 Å². The van der Waals surface area contributed by atoms with E-state index in [0.717, 1.165) is 13.0 Å². The molecule has 0 aromatic heterocycles. The first kappa shape index (κ1) is 12.4. The number of rotatable bonds is 6. The average molecular weight is 187 g/mol.